The van der Waals surface area contributed by atoms with Crippen LogP contribution in [-0.4, -0.2) is 0 Å². The van der Waals surface area contributed by atoms with E-state index in [1.807, 2.05) is 0 Å². The van der Waals surface area contributed by atoms with Gasteiger partial charge in [0.25, 0.3) is 0 Å². The molecule has 0 saturated heterocycles. The Morgan fingerprint density at radius 3 is 1.00 bits per heavy atom. The van der Waals surface area contributed by atoms with Gasteiger partial charge < -0.3 is 9.80 Å². The van der Waals surface area contributed by atoms with Gasteiger partial charge in [-0.15, -0.1) is 0 Å². The fourth-order valence-electron chi connectivity index (χ4n) is 6.74. The SMILES string of the molecule is CC(C)(C)c1c(C#N)c(N2c3ccccc3Sc3ccccc32)c(C(C)(C)C)c(N2c3ccccc3Sc3ccccc32)c1C#N. The normalized spacial score (nSPS) is 13.6. The highest BCUT2D eigenvalue weighted by Gasteiger charge is 2.41. The van der Waals surface area contributed by atoms with Crippen molar-refractivity contribution in [3.8, 4) is 12.1 Å². The van der Waals surface area contributed by atoms with E-state index in [0.717, 1.165) is 64.8 Å². The number of para-hydroxylation sites is 4. The van der Waals surface area contributed by atoms with Crippen LogP contribution in [-0.2, 0) is 10.8 Å². The van der Waals surface area contributed by atoms with Crippen LogP contribution in [0.15, 0.2) is 117 Å². The second-order valence-corrected chi connectivity index (χ2v) is 15.8. The Bertz CT molecular complexity index is 1890. The number of benzene rings is 5. The van der Waals surface area contributed by atoms with Gasteiger partial charge in [0, 0.05) is 25.1 Å². The van der Waals surface area contributed by atoms with Crippen LogP contribution in [0.5, 0.6) is 0 Å². The molecule has 0 amide bonds. The van der Waals surface area contributed by atoms with Gasteiger partial charge in [-0.25, -0.2) is 0 Å². The predicted molar refractivity (Wildman–Crippen MR) is 191 cm³/mol. The topological polar surface area (TPSA) is 54.1 Å². The molecule has 0 atom stereocenters. The van der Waals surface area contributed by atoms with E-state index in [2.05, 4.69) is 161 Å². The van der Waals surface area contributed by atoms with Crippen molar-refractivity contribution >= 4 is 57.6 Å². The zero-order valence-electron chi connectivity index (χ0n) is 26.8. The summed E-state index contributed by atoms with van der Waals surface area (Å²) >= 11 is 3.50. The molecule has 0 radical (unpaired) electrons. The molecule has 2 heterocycles. The molecule has 0 spiro atoms. The van der Waals surface area contributed by atoms with E-state index in [4.69, 9.17) is 0 Å². The number of rotatable bonds is 2. The highest BCUT2D eigenvalue weighted by atomic mass is 32.2. The Hall–Kier alpha value is -4.62. The number of nitriles is 2. The summed E-state index contributed by atoms with van der Waals surface area (Å²) in [7, 11) is 0. The molecular weight excluding hydrogens is 601 g/mol. The molecule has 226 valence electrons. The first-order chi connectivity index (χ1) is 22.0. The maximum absolute atomic E-state index is 11.2. The molecule has 6 heteroatoms. The van der Waals surface area contributed by atoms with E-state index in [9.17, 15) is 10.5 Å². The average molecular weight is 635 g/mol. The first-order valence-electron chi connectivity index (χ1n) is 15.4. The molecule has 0 aromatic heterocycles. The maximum atomic E-state index is 11.2. The fraction of sp³-hybridized carbons (Fsp3) is 0.200. The molecule has 2 aliphatic rings. The monoisotopic (exact) mass is 634 g/mol. The van der Waals surface area contributed by atoms with Gasteiger partial charge >= 0.3 is 0 Å². The molecule has 0 bridgehead atoms. The van der Waals surface area contributed by atoms with Crippen LogP contribution in [0.25, 0.3) is 0 Å². The molecule has 5 aromatic carbocycles. The zero-order chi connectivity index (χ0) is 32.4. The minimum atomic E-state index is -0.511. The van der Waals surface area contributed by atoms with Crippen molar-refractivity contribution in [2.24, 2.45) is 0 Å². The van der Waals surface area contributed by atoms with Crippen molar-refractivity contribution < 1.29 is 0 Å². The van der Waals surface area contributed by atoms with Crippen molar-refractivity contribution in [2.75, 3.05) is 9.80 Å². The standard InChI is InChI=1S/C40H34N4S2/c1-39(2,3)35-25(23-41)37(43-27-15-7-11-19-31(27)45-32-20-12-8-16-28(32)43)36(40(4,5)6)38(26(35)24-42)44-29-17-9-13-21-33(29)46-34-22-14-10-18-30(34)44/h7-22H,1-6H3. The summed E-state index contributed by atoms with van der Waals surface area (Å²) in [6.45, 7) is 12.9. The van der Waals surface area contributed by atoms with Gasteiger partial charge in [-0.1, -0.05) is 114 Å². The van der Waals surface area contributed by atoms with E-state index in [1.165, 1.54) is 0 Å². The fourth-order valence-corrected chi connectivity index (χ4v) is 8.86. The molecule has 0 N–H and O–H groups in total. The molecule has 0 aliphatic carbocycles. The highest BCUT2D eigenvalue weighted by molar-refractivity contribution is 8.00. The van der Waals surface area contributed by atoms with Gasteiger partial charge in [-0.2, -0.15) is 10.5 Å². The minimum absolute atomic E-state index is 0.471. The number of nitrogens with zero attached hydrogens (tertiary/aromatic N) is 4. The lowest BCUT2D eigenvalue weighted by Crippen LogP contribution is -2.30. The van der Waals surface area contributed by atoms with Gasteiger partial charge in [-0.05, 0) is 64.9 Å². The van der Waals surface area contributed by atoms with Crippen molar-refractivity contribution in [2.45, 2.75) is 72.0 Å². The molecule has 5 aromatic rings. The highest BCUT2D eigenvalue weighted by Crippen LogP contribution is 2.60. The Morgan fingerprint density at radius 1 is 0.457 bits per heavy atom. The van der Waals surface area contributed by atoms with Crippen LogP contribution in [0.2, 0.25) is 0 Å². The Morgan fingerprint density at radius 2 is 0.739 bits per heavy atom. The van der Waals surface area contributed by atoms with Gasteiger partial charge in [-0.3, -0.25) is 0 Å². The van der Waals surface area contributed by atoms with Crippen LogP contribution in [0.3, 0.4) is 0 Å². The van der Waals surface area contributed by atoms with E-state index < -0.39 is 10.8 Å². The van der Waals surface area contributed by atoms with Crippen molar-refractivity contribution in [3.05, 3.63) is 119 Å². The van der Waals surface area contributed by atoms with Crippen molar-refractivity contribution in [3.63, 3.8) is 0 Å². The number of fused-ring (bicyclic) bond motifs is 4. The molecular formula is C40H34N4S2. The summed E-state index contributed by atoms with van der Waals surface area (Å²) in [6.07, 6.45) is 0. The van der Waals surface area contributed by atoms with Gasteiger partial charge in [0.2, 0.25) is 0 Å². The Labute approximate surface area is 280 Å². The Kier molecular flexibility index (Phi) is 7.20. The van der Waals surface area contributed by atoms with E-state index >= 15 is 0 Å². The first-order valence-corrected chi connectivity index (χ1v) is 17.0. The predicted octanol–water partition coefficient (Wildman–Crippen LogP) is 11.9. The van der Waals surface area contributed by atoms with Crippen LogP contribution in [0.1, 0.15) is 63.8 Å². The Balaban J connectivity index is 1.73. The quantitative estimate of drug-likeness (QED) is 0.189. The third-order valence-corrected chi connectivity index (χ3v) is 10.7. The average Bonchev–Trinajstić information content (AvgIpc) is 3.04. The summed E-state index contributed by atoms with van der Waals surface area (Å²) in [5.41, 5.74) is 7.60. The summed E-state index contributed by atoms with van der Waals surface area (Å²) in [4.78, 5) is 9.07. The lowest BCUT2D eigenvalue weighted by Gasteiger charge is -2.43. The van der Waals surface area contributed by atoms with Crippen LogP contribution < -0.4 is 9.80 Å². The minimum Gasteiger partial charge on any atom is -0.306 e. The largest absolute Gasteiger partial charge is 0.306 e. The number of hydrogen-bond acceptors (Lipinski definition) is 6. The molecule has 0 saturated carbocycles. The lowest BCUT2D eigenvalue weighted by atomic mass is 9.73. The molecule has 7 rings (SSSR count). The molecule has 0 unspecified atom stereocenters. The second-order valence-electron chi connectivity index (χ2n) is 13.7. The number of anilines is 6. The first kappa shape index (κ1) is 30.1. The summed E-state index contributed by atoms with van der Waals surface area (Å²) < 4.78 is 0. The van der Waals surface area contributed by atoms with E-state index in [1.54, 1.807) is 23.5 Å². The summed E-state index contributed by atoms with van der Waals surface area (Å²) in [5.74, 6) is 0. The molecule has 46 heavy (non-hydrogen) atoms. The van der Waals surface area contributed by atoms with Crippen LogP contribution in [0, 0.1) is 22.7 Å². The smallest absolute Gasteiger partial charge is 0.102 e. The van der Waals surface area contributed by atoms with Crippen molar-refractivity contribution in [1.82, 2.24) is 0 Å². The van der Waals surface area contributed by atoms with E-state index in [0.29, 0.717) is 11.1 Å². The maximum Gasteiger partial charge on any atom is 0.102 e. The van der Waals surface area contributed by atoms with Crippen molar-refractivity contribution in [1.29, 1.82) is 10.5 Å². The molecule has 0 fully saturated rings. The molecule has 4 nitrogen and oxygen atoms in total. The second kappa shape index (κ2) is 11.0. The van der Waals surface area contributed by atoms with Crippen LogP contribution >= 0.6 is 23.5 Å². The summed E-state index contributed by atoms with van der Waals surface area (Å²) in [6, 6.07) is 39.0. The number of hydrogen-bond donors (Lipinski definition) is 0. The molecule has 2 aliphatic heterocycles. The van der Waals surface area contributed by atoms with Crippen LogP contribution in [0.4, 0.5) is 34.1 Å². The summed E-state index contributed by atoms with van der Waals surface area (Å²) in [5, 5.41) is 22.4. The van der Waals surface area contributed by atoms with E-state index in [-0.39, 0.29) is 0 Å². The third kappa shape index (κ3) is 4.68. The van der Waals surface area contributed by atoms with Gasteiger partial charge in [0.1, 0.15) is 12.1 Å². The lowest BCUT2D eigenvalue weighted by molar-refractivity contribution is 0.575. The zero-order valence-corrected chi connectivity index (χ0v) is 28.5. The van der Waals surface area contributed by atoms with Gasteiger partial charge in [0.15, 0.2) is 0 Å². The van der Waals surface area contributed by atoms with Gasteiger partial charge in [0.05, 0.1) is 45.3 Å². The third-order valence-electron chi connectivity index (χ3n) is 8.48.